The van der Waals surface area contributed by atoms with Crippen molar-refractivity contribution < 1.29 is 22.7 Å². The van der Waals surface area contributed by atoms with E-state index >= 15 is 0 Å². The summed E-state index contributed by atoms with van der Waals surface area (Å²) >= 11 is 1.78. The van der Waals surface area contributed by atoms with Crippen molar-refractivity contribution >= 4 is 28.6 Å². The standard InChI is InChI=1S/C8H4F3IO2/c9-8(10,11)7(13)14-6-4-2-1-3-5(6)12/h1-4H. The Bertz CT molecular complexity index is 349. The van der Waals surface area contributed by atoms with Crippen LogP contribution in [0.3, 0.4) is 0 Å². The van der Waals surface area contributed by atoms with Gasteiger partial charge < -0.3 is 4.74 Å². The minimum absolute atomic E-state index is 0.0876. The third kappa shape index (κ3) is 2.86. The molecule has 0 aliphatic carbocycles. The van der Waals surface area contributed by atoms with Gasteiger partial charge in [-0.25, -0.2) is 4.79 Å². The lowest BCUT2D eigenvalue weighted by molar-refractivity contribution is -0.189. The van der Waals surface area contributed by atoms with Gasteiger partial charge in [-0.1, -0.05) is 12.1 Å². The number of esters is 1. The third-order valence-electron chi connectivity index (χ3n) is 1.27. The van der Waals surface area contributed by atoms with Gasteiger partial charge >= 0.3 is 12.1 Å². The first kappa shape index (κ1) is 11.3. The SMILES string of the molecule is O=C(Oc1ccccc1I)C(F)(F)F. The second-order valence-electron chi connectivity index (χ2n) is 2.32. The number of benzene rings is 1. The summed E-state index contributed by atoms with van der Waals surface area (Å²) < 4.78 is 40.0. The first-order chi connectivity index (χ1) is 6.41. The molecule has 0 saturated carbocycles. The Morgan fingerprint density at radius 2 is 1.86 bits per heavy atom. The van der Waals surface area contributed by atoms with Gasteiger partial charge in [0.15, 0.2) is 0 Å². The molecule has 0 aromatic heterocycles. The van der Waals surface area contributed by atoms with Gasteiger partial charge in [-0.05, 0) is 34.7 Å². The zero-order valence-electron chi connectivity index (χ0n) is 6.64. The van der Waals surface area contributed by atoms with E-state index in [9.17, 15) is 18.0 Å². The highest BCUT2D eigenvalue weighted by molar-refractivity contribution is 14.1. The molecule has 0 heterocycles. The van der Waals surface area contributed by atoms with Crippen LogP contribution in [0.5, 0.6) is 5.75 Å². The first-order valence-corrected chi connectivity index (χ1v) is 4.52. The molecule has 1 aromatic carbocycles. The van der Waals surface area contributed by atoms with Gasteiger partial charge in [0.2, 0.25) is 0 Å². The van der Waals surface area contributed by atoms with Crippen LogP contribution in [0.15, 0.2) is 24.3 Å². The second-order valence-corrected chi connectivity index (χ2v) is 3.48. The van der Waals surface area contributed by atoms with E-state index < -0.39 is 12.1 Å². The Hall–Kier alpha value is -0.790. The highest BCUT2D eigenvalue weighted by Crippen LogP contribution is 2.23. The molecular formula is C8H4F3IO2. The summed E-state index contributed by atoms with van der Waals surface area (Å²) in [6.07, 6.45) is -4.96. The molecule has 2 nitrogen and oxygen atoms in total. The summed E-state index contributed by atoms with van der Waals surface area (Å²) in [7, 11) is 0. The predicted octanol–water partition coefficient (Wildman–Crippen LogP) is 2.76. The van der Waals surface area contributed by atoms with E-state index in [-0.39, 0.29) is 5.75 Å². The average molecular weight is 316 g/mol. The molecule has 0 fully saturated rings. The maximum Gasteiger partial charge on any atom is 0.491 e. The quantitative estimate of drug-likeness (QED) is 0.452. The molecule has 1 aromatic rings. The molecule has 0 bridgehead atoms. The zero-order chi connectivity index (χ0) is 10.8. The van der Waals surface area contributed by atoms with Crippen molar-refractivity contribution in [1.29, 1.82) is 0 Å². The monoisotopic (exact) mass is 316 g/mol. The van der Waals surface area contributed by atoms with Gasteiger partial charge in [0.1, 0.15) is 5.75 Å². The van der Waals surface area contributed by atoms with Crippen LogP contribution >= 0.6 is 22.6 Å². The van der Waals surface area contributed by atoms with Crippen LogP contribution in [0.1, 0.15) is 0 Å². The molecule has 0 radical (unpaired) electrons. The van der Waals surface area contributed by atoms with Crippen LogP contribution < -0.4 is 4.74 Å². The number of hydrogen-bond donors (Lipinski definition) is 0. The fourth-order valence-corrected chi connectivity index (χ4v) is 1.18. The minimum Gasteiger partial charge on any atom is -0.419 e. The maximum atomic E-state index is 11.8. The van der Waals surface area contributed by atoms with Crippen molar-refractivity contribution in [1.82, 2.24) is 0 Å². The first-order valence-electron chi connectivity index (χ1n) is 3.45. The molecule has 6 heteroatoms. The summed E-state index contributed by atoms with van der Waals surface area (Å²) in [4.78, 5) is 10.4. The highest BCUT2D eigenvalue weighted by Gasteiger charge is 2.41. The largest absolute Gasteiger partial charge is 0.491 e. The molecule has 0 aliphatic rings. The van der Waals surface area contributed by atoms with Gasteiger partial charge in [0.05, 0.1) is 3.57 Å². The van der Waals surface area contributed by atoms with E-state index in [1.165, 1.54) is 12.1 Å². The summed E-state index contributed by atoms with van der Waals surface area (Å²) in [5, 5.41) is 0. The number of ether oxygens (including phenoxy) is 1. The van der Waals surface area contributed by atoms with E-state index in [1.807, 2.05) is 0 Å². The Morgan fingerprint density at radius 3 is 2.36 bits per heavy atom. The van der Waals surface area contributed by atoms with Gasteiger partial charge in [-0.15, -0.1) is 0 Å². The van der Waals surface area contributed by atoms with Gasteiger partial charge in [-0.2, -0.15) is 13.2 Å². The van der Waals surface area contributed by atoms with E-state index in [1.54, 1.807) is 34.7 Å². The van der Waals surface area contributed by atoms with E-state index in [4.69, 9.17) is 0 Å². The van der Waals surface area contributed by atoms with Crippen LogP contribution in [0.25, 0.3) is 0 Å². The summed E-state index contributed by atoms with van der Waals surface area (Å²) in [5.41, 5.74) is 0. The topological polar surface area (TPSA) is 26.3 Å². The molecular weight excluding hydrogens is 312 g/mol. The van der Waals surface area contributed by atoms with E-state index in [0.29, 0.717) is 3.57 Å². The number of carbonyl (C=O) groups is 1. The predicted molar refractivity (Wildman–Crippen MR) is 50.8 cm³/mol. The molecule has 0 N–H and O–H groups in total. The Balaban J connectivity index is 2.80. The van der Waals surface area contributed by atoms with Crippen LogP contribution in [-0.2, 0) is 4.79 Å². The number of halogens is 4. The molecule has 0 atom stereocenters. The van der Waals surface area contributed by atoms with Gasteiger partial charge in [-0.3, -0.25) is 0 Å². The van der Waals surface area contributed by atoms with Crippen molar-refractivity contribution in [2.45, 2.75) is 6.18 Å². The fourth-order valence-electron chi connectivity index (χ4n) is 0.685. The van der Waals surface area contributed by atoms with Crippen molar-refractivity contribution in [2.75, 3.05) is 0 Å². The fraction of sp³-hybridized carbons (Fsp3) is 0.125. The third-order valence-corrected chi connectivity index (χ3v) is 2.16. The second kappa shape index (κ2) is 4.16. The molecule has 0 saturated heterocycles. The zero-order valence-corrected chi connectivity index (χ0v) is 8.80. The van der Waals surface area contributed by atoms with Crippen LogP contribution in [-0.4, -0.2) is 12.1 Å². The van der Waals surface area contributed by atoms with E-state index in [2.05, 4.69) is 4.74 Å². The number of hydrogen-bond acceptors (Lipinski definition) is 2. The minimum atomic E-state index is -4.96. The lowest BCUT2D eigenvalue weighted by atomic mass is 10.3. The molecule has 0 unspecified atom stereocenters. The molecule has 14 heavy (non-hydrogen) atoms. The Kier molecular flexibility index (Phi) is 3.35. The molecule has 0 spiro atoms. The normalized spacial score (nSPS) is 11.1. The Morgan fingerprint density at radius 1 is 1.29 bits per heavy atom. The highest BCUT2D eigenvalue weighted by atomic mass is 127. The molecule has 1 rings (SSSR count). The van der Waals surface area contributed by atoms with Crippen LogP contribution in [0, 0.1) is 3.57 Å². The lowest BCUT2D eigenvalue weighted by Crippen LogP contribution is -2.28. The number of rotatable bonds is 1. The number of para-hydroxylation sites is 1. The maximum absolute atomic E-state index is 11.8. The summed E-state index contributed by atoms with van der Waals surface area (Å²) in [5.74, 6) is -2.29. The summed E-state index contributed by atoms with van der Waals surface area (Å²) in [6.45, 7) is 0. The molecule has 0 amide bonds. The average Bonchev–Trinajstić information content (AvgIpc) is 2.07. The Labute approximate surface area is 91.2 Å². The van der Waals surface area contributed by atoms with Crippen molar-refractivity contribution in [3.63, 3.8) is 0 Å². The van der Waals surface area contributed by atoms with Gasteiger partial charge in [0.25, 0.3) is 0 Å². The smallest absolute Gasteiger partial charge is 0.419 e. The van der Waals surface area contributed by atoms with Crippen LogP contribution in [0.4, 0.5) is 13.2 Å². The lowest BCUT2D eigenvalue weighted by Gasteiger charge is -2.07. The van der Waals surface area contributed by atoms with Crippen molar-refractivity contribution in [3.05, 3.63) is 27.8 Å². The molecule has 76 valence electrons. The number of alkyl halides is 3. The van der Waals surface area contributed by atoms with Crippen molar-refractivity contribution in [3.8, 4) is 5.75 Å². The van der Waals surface area contributed by atoms with Crippen LogP contribution in [0.2, 0.25) is 0 Å². The van der Waals surface area contributed by atoms with Gasteiger partial charge in [0, 0.05) is 0 Å². The van der Waals surface area contributed by atoms with E-state index in [0.717, 1.165) is 0 Å². The molecule has 0 aliphatic heterocycles. The summed E-state index contributed by atoms with van der Waals surface area (Å²) in [6, 6.07) is 5.96. The van der Waals surface area contributed by atoms with Crippen molar-refractivity contribution in [2.24, 2.45) is 0 Å². The number of carbonyl (C=O) groups excluding carboxylic acids is 1.